The van der Waals surface area contributed by atoms with E-state index in [4.69, 9.17) is 37.0 Å². The fourth-order valence-electron chi connectivity index (χ4n) is 11.6. The number of hydrogen-bond acceptors (Lipinski definition) is 15. The quantitative estimate of drug-likeness (QED) is 0.0222. The first kappa shape index (κ1) is 93.1. The van der Waals surface area contributed by atoms with Crippen LogP contribution >= 0.6 is 15.6 Å². The molecule has 0 saturated carbocycles. The van der Waals surface area contributed by atoms with Gasteiger partial charge in [-0.25, -0.2) is 9.13 Å². The summed E-state index contributed by atoms with van der Waals surface area (Å²) < 4.78 is 68.5. The Labute approximate surface area is 581 Å². The number of rotatable bonds is 74. The Bertz CT molecular complexity index is 1850. The van der Waals surface area contributed by atoms with Gasteiger partial charge < -0.3 is 33.8 Å². The maximum Gasteiger partial charge on any atom is 0.472 e. The van der Waals surface area contributed by atoms with Crippen molar-refractivity contribution in [1.29, 1.82) is 0 Å². The fraction of sp³-hybridized carbons (Fsp3) is 0.947. The molecule has 0 spiro atoms. The second kappa shape index (κ2) is 66.6. The van der Waals surface area contributed by atoms with Crippen molar-refractivity contribution in [3.63, 3.8) is 0 Å². The molecule has 0 aliphatic heterocycles. The van der Waals surface area contributed by atoms with Gasteiger partial charge in [0.25, 0.3) is 0 Å². The van der Waals surface area contributed by atoms with Crippen LogP contribution < -0.4 is 0 Å². The monoisotopic (exact) mass is 1400 g/mol. The van der Waals surface area contributed by atoms with E-state index >= 15 is 0 Å². The molecule has 0 aromatic heterocycles. The summed E-state index contributed by atoms with van der Waals surface area (Å²) in [6.45, 7) is 11.9. The Morgan fingerprint density at radius 1 is 0.305 bits per heavy atom. The minimum absolute atomic E-state index is 0.105. The zero-order chi connectivity index (χ0) is 70.1. The molecule has 6 atom stereocenters. The van der Waals surface area contributed by atoms with Crippen LogP contribution in [0.2, 0.25) is 0 Å². The summed E-state index contributed by atoms with van der Waals surface area (Å²) in [6.07, 6.45) is 52.6. The van der Waals surface area contributed by atoms with Crippen molar-refractivity contribution in [2.45, 2.75) is 407 Å². The minimum Gasteiger partial charge on any atom is -0.462 e. The molecule has 17 nitrogen and oxygen atoms in total. The highest BCUT2D eigenvalue weighted by molar-refractivity contribution is 7.47. The number of aliphatic hydroxyl groups is 1. The highest BCUT2D eigenvalue weighted by atomic mass is 31.2. The van der Waals surface area contributed by atoms with Crippen molar-refractivity contribution < 1.29 is 80.2 Å². The third-order valence-electron chi connectivity index (χ3n) is 18.0. The number of ether oxygens (including phenoxy) is 4. The van der Waals surface area contributed by atoms with E-state index in [1.165, 1.54) is 199 Å². The number of phosphoric ester groups is 2. The van der Waals surface area contributed by atoms with Crippen molar-refractivity contribution in [2.24, 2.45) is 17.8 Å². The van der Waals surface area contributed by atoms with Gasteiger partial charge in [0, 0.05) is 25.7 Å². The van der Waals surface area contributed by atoms with E-state index in [0.29, 0.717) is 25.7 Å². The predicted octanol–water partition coefficient (Wildman–Crippen LogP) is 22.2. The maximum atomic E-state index is 13.1. The molecular weight excluding hydrogens is 1250 g/mol. The normalized spacial score (nSPS) is 14.4. The number of carbonyl (C=O) groups is 4. The third kappa shape index (κ3) is 69.0. The van der Waals surface area contributed by atoms with Gasteiger partial charge in [-0.2, -0.15) is 0 Å². The van der Waals surface area contributed by atoms with Crippen molar-refractivity contribution in [3.8, 4) is 0 Å². The zero-order valence-corrected chi connectivity index (χ0v) is 63.9. The van der Waals surface area contributed by atoms with Crippen LogP contribution in [0.4, 0.5) is 0 Å². The lowest BCUT2D eigenvalue weighted by Gasteiger charge is -2.21. The Hall–Kier alpha value is -1.94. The lowest BCUT2D eigenvalue weighted by atomic mass is 9.99. The maximum absolute atomic E-state index is 13.1. The Morgan fingerprint density at radius 3 is 0.800 bits per heavy atom. The standard InChI is InChI=1S/C76H148O17P2/c1-8-10-11-12-13-14-20-29-36-43-50-57-73(78)86-64-72(93-76(81)60-53-46-39-32-25-27-34-41-48-55-68(5)6)66-91-95(84,85)89-62-70(77)61-88-94(82,83)90-65-71(63-87-74(79)58-51-44-37-30-24-19-21-26-33-40-47-54-67(3)4)92-75(80)59-52-45-38-31-23-18-16-15-17-22-28-35-42-49-56-69(7)9-2/h67-72,77H,8-66H2,1-7H3,(H,82,83)(H,84,85)/t69?,70-,71-,72-/m1/s1. The summed E-state index contributed by atoms with van der Waals surface area (Å²) in [6, 6.07) is 0. The molecular formula is C76H148O17P2. The van der Waals surface area contributed by atoms with E-state index in [1.807, 2.05) is 0 Å². The molecule has 95 heavy (non-hydrogen) atoms. The predicted molar refractivity (Wildman–Crippen MR) is 386 cm³/mol. The molecule has 0 saturated heterocycles. The van der Waals surface area contributed by atoms with E-state index in [2.05, 4.69) is 48.5 Å². The molecule has 0 aromatic rings. The van der Waals surface area contributed by atoms with Crippen molar-refractivity contribution >= 4 is 39.5 Å². The van der Waals surface area contributed by atoms with Gasteiger partial charge in [-0.3, -0.25) is 37.3 Å². The summed E-state index contributed by atoms with van der Waals surface area (Å²) in [5.41, 5.74) is 0. The fourth-order valence-corrected chi connectivity index (χ4v) is 13.1. The number of esters is 4. The molecule has 0 heterocycles. The first-order valence-electron chi connectivity index (χ1n) is 39.4. The van der Waals surface area contributed by atoms with Gasteiger partial charge in [0.1, 0.15) is 19.3 Å². The summed E-state index contributed by atoms with van der Waals surface area (Å²) in [7, 11) is -9.91. The largest absolute Gasteiger partial charge is 0.472 e. The van der Waals surface area contributed by atoms with Gasteiger partial charge >= 0.3 is 39.5 Å². The van der Waals surface area contributed by atoms with E-state index in [1.54, 1.807) is 0 Å². The Kier molecular flexibility index (Phi) is 65.2. The topological polar surface area (TPSA) is 237 Å². The number of carbonyl (C=O) groups excluding carboxylic acids is 4. The third-order valence-corrected chi connectivity index (χ3v) is 19.9. The van der Waals surface area contributed by atoms with Crippen LogP contribution in [-0.4, -0.2) is 96.7 Å². The molecule has 0 fully saturated rings. The molecule has 3 unspecified atom stereocenters. The average Bonchev–Trinajstić information content (AvgIpc) is 3.75. The van der Waals surface area contributed by atoms with Crippen LogP contribution in [0.5, 0.6) is 0 Å². The van der Waals surface area contributed by atoms with E-state index in [-0.39, 0.29) is 25.7 Å². The molecule has 0 aromatic carbocycles. The second-order valence-electron chi connectivity index (χ2n) is 28.6. The number of aliphatic hydroxyl groups excluding tert-OH is 1. The Morgan fingerprint density at radius 2 is 0.537 bits per heavy atom. The number of hydrogen-bond donors (Lipinski definition) is 3. The van der Waals surface area contributed by atoms with E-state index < -0.39 is 97.5 Å². The summed E-state index contributed by atoms with van der Waals surface area (Å²) >= 11 is 0. The molecule has 0 amide bonds. The van der Waals surface area contributed by atoms with Crippen LogP contribution in [0.15, 0.2) is 0 Å². The number of unbranched alkanes of at least 4 members (excludes halogenated alkanes) is 41. The SMILES string of the molecule is CCCCCCCCCCCCCC(=O)OC[C@H](COP(=O)(O)OC[C@H](O)COP(=O)(O)OC[C@@H](COC(=O)CCCCCCCCCCCCCC(C)C)OC(=O)CCCCCCCCCCCCCCCCC(C)CC)OC(=O)CCCCCCCCCCCC(C)C. The molecule has 19 heteroatoms. The summed E-state index contributed by atoms with van der Waals surface area (Å²) in [5.74, 6) is 0.236. The van der Waals surface area contributed by atoms with Crippen LogP contribution in [0.25, 0.3) is 0 Å². The van der Waals surface area contributed by atoms with Crippen molar-refractivity contribution in [1.82, 2.24) is 0 Å². The van der Waals surface area contributed by atoms with Crippen LogP contribution in [0.3, 0.4) is 0 Å². The van der Waals surface area contributed by atoms with Gasteiger partial charge in [0.05, 0.1) is 26.4 Å². The summed E-state index contributed by atoms with van der Waals surface area (Å²) in [4.78, 5) is 72.8. The minimum atomic E-state index is -4.96. The number of phosphoric acid groups is 2. The van der Waals surface area contributed by atoms with Gasteiger partial charge in [0.15, 0.2) is 12.2 Å². The van der Waals surface area contributed by atoms with Crippen LogP contribution in [-0.2, 0) is 65.4 Å². The molecule has 0 aliphatic carbocycles. The van der Waals surface area contributed by atoms with Gasteiger partial charge in [-0.1, -0.05) is 337 Å². The van der Waals surface area contributed by atoms with Crippen molar-refractivity contribution in [3.05, 3.63) is 0 Å². The second-order valence-corrected chi connectivity index (χ2v) is 31.5. The van der Waals surface area contributed by atoms with E-state index in [9.17, 15) is 43.2 Å². The smallest absolute Gasteiger partial charge is 0.462 e. The van der Waals surface area contributed by atoms with Gasteiger partial charge in [-0.15, -0.1) is 0 Å². The van der Waals surface area contributed by atoms with Crippen molar-refractivity contribution in [2.75, 3.05) is 39.6 Å². The first-order valence-corrected chi connectivity index (χ1v) is 42.4. The highest BCUT2D eigenvalue weighted by Gasteiger charge is 2.30. The summed E-state index contributed by atoms with van der Waals surface area (Å²) in [5, 5.41) is 10.6. The average molecular weight is 1400 g/mol. The van der Waals surface area contributed by atoms with Gasteiger partial charge in [-0.05, 0) is 43.4 Å². The molecule has 0 aliphatic rings. The first-order chi connectivity index (χ1) is 45.8. The van der Waals surface area contributed by atoms with Crippen LogP contribution in [0, 0.1) is 17.8 Å². The molecule has 0 radical (unpaired) electrons. The molecule has 0 rings (SSSR count). The lowest BCUT2D eigenvalue weighted by molar-refractivity contribution is -0.161. The highest BCUT2D eigenvalue weighted by Crippen LogP contribution is 2.45. The molecule has 564 valence electrons. The molecule has 0 bridgehead atoms. The lowest BCUT2D eigenvalue weighted by Crippen LogP contribution is -2.30. The van der Waals surface area contributed by atoms with Gasteiger partial charge in [0.2, 0.25) is 0 Å². The van der Waals surface area contributed by atoms with Crippen LogP contribution in [0.1, 0.15) is 389 Å². The van der Waals surface area contributed by atoms with E-state index in [0.717, 1.165) is 108 Å². The molecule has 3 N–H and O–H groups in total. The Balaban J connectivity index is 5.25. The zero-order valence-electron chi connectivity index (χ0n) is 62.1.